The predicted molar refractivity (Wildman–Crippen MR) is 131 cm³/mol. The third-order valence-corrected chi connectivity index (χ3v) is 5.59. The fourth-order valence-electron chi connectivity index (χ4n) is 3.29. The van der Waals surface area contributed by atoms with Gasteiger partial charge in [-0.15, -0.1) is 0 Å². The van der Waals surface area contributed by atoms with E-state index in [-0.39, 0.29) is 0 Å². The smallest absolute Gasteiger partial charge is 0.204 e. The van der Waals surface area contributed by atoms with Gasteiger partial charge in [-0.05, 0) is 22.8 Å². The average Bonchev–Trinajstić information content (AvgIpc) is 2.87. The quantitative estimate of drug-likeness (QED) is 0.219. The summed E-state index contributed by atoms with van der Waals surface area (Å²) in [6, 6.07) is 34.3. The lowest BCUT2D eigenvalue weighted by atomic mass is 10.1. The van der Waals surface area contributed by atoms with E-state index in [1.807, 2.05) is 103 Å². The molecular formula is C28H25BrO3. The van der Waals surface area contributed by atoms with Gasteiger partial charge in [0.05, 0.1) is 0 Å². The maximum atomic E-state index is 6.30. The first-order chi connectivity index (χ1) is 15.8. The van der Waals surface area contributed by atoms with Crippen LogP contribution in [0.15, 0.2) is 103 Å². The van der Waals surface area contributed by atoms with Crippen molar-refractivity contribution in [1.82, 2.24) is 0 Å². The topological polar surface area (TPSA) is 27.7 Å². The van der Waals surface area contributed by atoms with Crippen LogP contribution in [0.3, 0.4) is 0 Å². The zero-order valence-corrected chi connectivity index (χ0v) is 19.3. The number of benzene rings is 4. The Morgan fingerprint density at radius 3 is 1.38 bits per heavy atom. The molecule has 0 radical (unpaired) electrons. The van der Waals surface area contributed by atoms with E-state index in [2.05, 4.69) is 15.9 Å². The number of hydrogen-bond acceptors (Lipinski definition) is 3. The van der Waals surface area contributed by atoms with Crippen molar-refractivity contribution < 1.29 is 14.2 Å². The monoisotopic (exact) mass is 488 g/mol. The zero-order chi connectivity index (χ0) is 22.0. The molecule has 0 saturated heterocycles. The molecule has 0 atom stereocenters. The lowest BCUT2D eigenvalue weighted by Crippen LogP contribution is -2.05. The highest BCUT2D eigenvalue weighted by molar-refractivity contribution is 9.08. The molecule has 4 aromatic rings. The van der Waals surface area contributed by atoms with Crippen LogP contribution in [0.4, 0.5) is 0 Å². The summed E-state index contributed by atoms with van der Waals surface area (Å²) in [4.78, 5) is 0. The van der Waals surface area contributed by atoms with Gasteiger partial charge in [0.2, 0.25) is 5.75 Å². The molecule has 0 aromatic heterocycles. The van der Waals surface area contributed by atoms with Gasteiger partial charge in [-0.1, -0.05) is 113 Å². The molecule has 32 heavy (non-hydrogen) atoms. The van der Waals surface area contributed by atoms with Crippen LogP contribution >= 0.6 is 15.9 Å². The Bertz CT molecular complexity index is 1100. The van der Waals surface area contributed by atoms with Crippen molar-refractivity contribution in [3.63, 3.8) is 0 Å². The summed E-state index contributed by atoms with van der Waals surface area (Å²) >= 11 is 3.59. The van der Waals surface area contributed by atoms with Gasteiger partial charge >= 0.3 is 0 Å². The van der Waals surface area contributed by atoms with Gasteiger partial charge in [0.25, 0.3) is 0 Å². The lowest BCUT2D eigenvalue weighted by Gasteiger charge is -2.19. The Balaban J connectivity index is 1.62. The molecule has 4 aromatic carbocycles. The molecular weight excluding hydrogens is 464 g/mol. The predicted octanol–water partition coefficient (Wildman–Crippen LogP) is 7.32. The maximum absolute atomic E-state index is 6.30. The summed E-state index contributed by atoms with van der Waals surface area (Å²) in [6.45, 7) is 1.33. The number of alkyl halides is 1. The zero-order valence-electron chi connectivity index (χ0n) is 17.7. The van der Waals surface area contributed by atoms with Crippen LogP contribution in [-0.2, 0) is 25.2 Å². The van der Waals surface area contributed by atoms with Crippen LogP contribution in [0.1, 0.15) is 22.3 Å². The van der Waals surface area contributed by atoms with Gasteiger partial charge in [0.15, 0.2) is 11.5 Å². The lowest BCUT2D eigenvalue weighted by molar-refractivity contribution is 0.229. The second kappa shape index (κ2) is 11.4. The highest BCUT2D eigenvalue weighted by Gasteiger charge is 2.18. The molecule has 4 rings (SSSR count). The average molecular weight is 489 g/mol. The van der Waals surface area contributed by atoms with Gasteiger partial charge in [-0.3, -0.25) is 0 Å². The van der Waals surface area contributed by atoms with E-state index in [0.717, 1.165) is 22.3 Å². The molecule has 0 aliphatic carbocycles. The molecule has 0 amide bonds. The summed E-state index contributed by atoms with van der Waals surface area (Å²) in [5.41, 5.74) is 4.28. The van der Waals surface area contributed by atoms with Crippen molar-refractivity contribution in [2.24, 2.45) is 0 Å². The Morgan fingerprint density at radius 1 is 0.469 bits per heavy atom. The molecule has 0 saturated carbocycles. The summed E-state index contributed by atoms with van der Waals surface area (Å²) in [6.07, 6.45) is 0. The molecule has 4 heteroatoms. The van der Waals surface area contributed by atoms with Crippen molar-refractivity contribution in [2.75, 3.05) is 0 Å². The van der Waals surface area contributed by atoms with Crippen LogP contribution < -0.4 is 14.2 Å². The minimum atomic E-state index is 0.427. The summed E-state index contributed by atoms with van der Waals surface area (Å²) in [7, 11) is 0. The Hall–Kier alpha value is -3.24. The van der Waals surface area contributed by atoms with Crippen molar-refractivity contribution >= 4 is 15.9 Å². The number of rotatable bonds is 10. The van der Waals surface area contributed by atoms with Crippen LogP contribution in [0.5, 0.6) is 17.2 Å². The molecule has 0 spiro atoms. The van der Waals surface area contributed by atoms with E-state index in [9.17, 15) is 0 Å². The van der Waals surface area contributed by atoms with Gasteiger partial charge in [-0.2, -0.15) is 0 Å². The molecule has 0 unspecified atom stereocenters. The SMILES string of the molecule is BrCc1ccc(OCc2ccccc2)c(OCc2ccccc2)c1OCc1ccccc1. The minimum absolute atomic E-state index is 0.427. The molecule has 0 N–H and O–H groups in total. The van der Waals surface area contributed by atoms with E-state index >= 15 is 0 Å². The standard InChI is InChI=1S/C28H25BrO3/c29-18-25-16-17-26(30-19-22-10-4-1-5-11-22)28(32-21-24-14-8-3-9-15-24)27(25)31-20-23-12-6-2-7-13-23/h1-17H,18-21H2. The van der Waals surface area contributed by atoms with Gasteiger partial charge in [-0.25, -0.2) is 0 Å². The minimum Gasteiger partial charge on any atom is -0.485 e. The third kappa shape index (κ3) is 5.92. The Kier molecular flexibility index (Phi) is 7.83. The maximum Gasteiger partial charge on any atom is 0.204 e. The van der Waals surface area contributed by atoms with Crippen molar-refractivity contribution in [2.45, 2.75) is 25.2 Å². The number of ether oxygens (including phenoxy) is 3. The molecule has 0 bridgehead atoms. The number of hydrogen-bond donors (Lipinski definition) is 0. The first-order valence-corrected chi connectivity index (χ1v) is 11.7. The van der Waals surface area contributed by atoms with E-state index in [0.29, 0.717) is 42.4 Å². The first-order valence-electron chi connectivity index (χ1n) is 10.6. The Morgan fingerprint density at radius 2 is 0.906 bits per heavy atom. The van der Waals surface area contributed by atoms with Crippen LogP contribution in [0.2, 0.25) is 0 Å². The van der Waals surface area contributed by atoms with E-state index < -0.39 is 0 Å². The summed E-state index contributed by atoms with van der Waals surface area (Å²) < 4.78 is 18.8. The van der Waals surface area contributed by atoms with Crippen molar-refractivity contribution in [3.8, 4) is 17.2 Å². The molecule has 3 nitrogen and oxygen atoms in total. The molecule has 162 valence electrons. The van der Waals surface area contributed by atoms with Crippen molar-refractivity contribution in [1.29, 1.82) is 0 Å². The fourth-order valence-corrected chi connectivity index (χ4v) is 3.74. The number of halogens is 1. The molecule has 0 aliphatic rings. The van der Waals surface area contributed by atoms with E-state index in [1.165, 1.54) is 0 Å². The van der Waals surface area contributed by atoms with Crippen LogP contribution in [0.25, 0.3) is 0 Å². The highest BCUT2D eigenvalue weighted by atomic mass is 79.9. The van der Waals surface area contributed by atoms with E-state index in [4.69, 9.17) is 14.2 Å². The first kappa shape index (κ1) is 22.0. The third-order valence-electron chi connectivity index (χ3n) is 4.99. The summed E-state index contributed by atoms with van der Waals surface area (Å²) in [5.74, 6) is 1.99. The Labute approximate surface area is 197 Å². The second-order valence-electron chi connectivity index (χ2n) is 7.34. The molecule has 0 heterocycles. The van der Waals surface area contributed by atoms with Gasteiger partial charge in [0, 0.05) is 10.9 Å². The van der Waals surface area contributed by atoms with E-state index in [1.54, 1.807) is 0 Å². The normalized spacial score (nSPS) is 10.5. The largest absolute Gasteiger partial charge is 0.485 e. The van der Waals surface area contributed by atoms with Gasteiger partial charge in [0.1, 0.15) is 19.8 Å². The second-order valence-corrected chi connectivity index (χ2v) is 7.90. The summed E-state index contributed by atoms with van der Waals surface area (Å²) in [5, 5.41) is 0.651. The van der Waals surface area contributed by atoms with Crippen molar-refractivity contribution in [3.05, 3.63) is 125 Å². The van der Waals surface area contributed by atoms with Crippen LogP contribution in [0, 0.1) is 0 Å². The fraction of sp³-hybridized carbons (Fsp3) is 0.143. The highest BCUT2D eigenvalue weighted by Crippen LogP contribution is 2.42. The van der Waals surface area contributed by atoms with Crippen LogP contribution in [-0.4, -0.2) is 0 Å². The van der Waals surface area contributed by atoms with Gasteiger partial charge < -0.3 is 14.2 Å². The molecule has 0 fully saturated rings. The molecule has 0 aliphatic heterocycles.